The zero-order valence-electron chi connectivity index (χ0n) is 21.6. The molecule has 3 aliphatic heterocycles. The maximum atomic E-state index is 5.84. The first-order valence-corrected chi connectivity index (χ1v) is 13.4. The van der Waals surface area contributed by atoms with Gasteiger partial charge in [0.25, 0.3) is 0 Å². The summed E-state index contributed by atoms with van der Waals surface area (Å²) in [6, 6.07) is 31.5. The minimum Gasteiger partial charge on any atom is -0.491 e. The van der Waals surface area contributed by atoms with E-state index in [4.69, 9.17) is 28.4 Å². The Morgan fingerprint density at radius 2 is 0.667 bits per heavy atom. The van der Waals surface area contributed by atoms with E-state index in [0.717, 1.165) is 70.4 Å². The van der Waals surface area contributed by atoms with Crippen LogP contribution in [0.5, 0.6) is 17.2 Å². The maximum absolute atomic E-state index is 5.84. The molecular weight excluding hydrogens is 492 g/mol. The highest BCUT2D eigenvalue weighted by Gasteiger charge is 2.24. The Kier molecular flexibility index (Phi) is 6.66. The molecular formula is C33H30O6. The van der Waals surface area contributed by atoms with Crippen LogP contribution < -0.4 is 14.2 Å². The third-order valence-corrected chi connectivity index (χ3v) is 7.01. The van der Waals surface area contributed by atoms with Crippen LogP contribution in [0.25, 0.3) is 33.4 Å². The predicted octanol–water partition coefficient (Wildman–Crippen LogP) is 6.02. The number of rotatable bonds is 12. The molecule has 3 saturated heterocycles. The second kappa shape index (κ2) is 10.7. The highest BCUT2D eigenvalue weighted by molar-refractivity contribution is 5.81. The van der Waals surface area contributed by atoms with E-state index in [0.29, 0.717) is 19.8 Å². The third kappa shape index (κ3) is 6.42. The molecule has 3 aliphatic rings. The van der Waals surface area contributed by atoms with Crippen molar-refractivity contribution >= 4 is 0 Å². The van der Waals surface area contributed by atoms with Crippen LogP contribution in [0.15, 0.2) is 91.0 Å². The second-order valence-corrected chi connectivity index (χ2v) is 10.2. The molecule has 7 rings (SSSR count). The Hall–Kier alpha value is -3.84. The Balaban J connectivity index is 1.16. The minimum atomic E-state index is 0.238. The molecule has 4 aromatic carbocycles. The van der Waals surface area contributed by atoms with E-state index in [-0.39, 0.29) is 18.3 Å². The van der Waals surface area contributed by atoms with Crippen molar-refractivity contribution in [1.82, 2.24) is 0 Å². The van der Waals surface area contributed by atoms with Crippen molar-refractivity contribution in [2.45, 2.75) is 18.3 Å². The van der Waals surface area contributed by atoms with Crippen molar-refractivity contribution < 1.29 is 28.4 Å². The summed E-state index contributed by atoms with van der Waals surface area (Å²) >= 11 is 0. The number of ether oxygens (including phenoxy) is 6. The van der Waals surface area contributed by atoms with Crippen LogP contribution in [0.2, 0.25) is 0 Å². The van der Waals surface area contributed by atoms with Gasteiger partial charge in [0.05, 0.1) is 19.8 Å². The summed E-state index contributed by atoms with van der Waals surface area (Å²) in [6.45, 7) is 4.16. The Morgan fingerprint density at radius 3 is 0.897 bits per heavy atom. The van der Waals surface area contributed by atoms with E-state index in [1.807, 2.05) is 36.4 Å². The van der Waals surface area contributed by atoms with Crippen LogP contribution in [0, 0.1) is 0 Å². The van der Waals surface area contributed by atoms with E-state index in [1.165, 1.54) is 0 Å². The standard InChI is InChI=1S/C33H30O6/c1-7-28(34-16-31-19-37-31)8-2-22(1)25-13-26(23-3-9-29(10-4-23)35-17-32-20-38-32)15-27(14-25)24-5-11-30(12-6-24)36-18-33-21-39-33/h1-15,31-33H,16-21H2. The fraction of sp³-hybridized carbons (Fsp3) is 0.273. The minimum absolute atomic E-state index is 0.238. The van der Waals surface area contributed by atoms with Gasteiger partial charge in [-0.1, -0.05) is 36.4 Å². The summed E-state index contributed by atoms with van der Waals surface area (Å²) in [5, 5.41) is 0. The predicted molar refractivity (Wildman–Crippen MR) is 148 cm³/mol. The average Bonchev–Trinajstić information content (AvgIpc) is 3.82. The van der Waals surface area contributed by atoms with Crippen LogP contribution in [0.3, 0.4) is 0 Å². The molecule has 3 fully saturated rings. The SMILES string of the molecule is c1cc(-c2cc(-c3ccc(OCC4CO4)cc3)cc(-c3ccc(OCC4CO4)cc3)c2)ccc1OCC1CO1. The van der Waals surface area contributed by atoms with Crippen molar-refractivity contribution in [2.24, 2.45) is 0 Å². The lowest BCUT2D eigenvalue weighted by atomic mass is 9.93. The molecule has 0 amide bonds. The smallest absolute Gasteiger partial charge is 0.119 e. The Morgan fingerprint density at radius 1 is 0.410 bits per heavy atom. The quantitative estimate of drug-likeness (QED) is 0.212. The Labute approximate surface area is 228 Å². The van der Waals surface area contributed by atoms with Crippen molar-refractivity contribution in [2.75, 3.05) is 39.6 Å². The van der Waals surface area contributed by atoms with E-state index in [9.17, 15) is 0 Å². The van der Waals surface area contributed by atoms with Gasteiger partial charge in [0.2, 0.25) is 0 Å². The van der Waals surface area contributed by atoms with Crippen molar-refractivity contribution in [3.05, 3.63) is 91.0 Å². The average molecular weight is 523 g/mol. The van der Waals surface area contributed by atoms with Crippen LogP contribution in [-0.4, -0.2) is 58.0 Å². The first-order chi connectivity index (χ1) is 19.2. The van der Waals surface area contributed by atoms with Crippen molar-refractivity contribution in [3.63, 3.8) is 0 Å². The van der Waals surface area contributed by atoms with Gasteiger partial charge in [-0.25, -0.2) is 0 Å². The zero-order valence-corrected chi connectivity index (χ0v) is 21.6. The molecule has 0 aromatic heterocycles. The van der Waals surface area contributed by atoms with E-state index in [2.05, 4.69) is 54.6 Å². The fourth-order valence-corrected chi connectivity index (χ4v) is 4.42. The monoisotopic (exact) mass is 522 g/mol. The summed E-state index contributed by atoms with van der Waals surface area (Å²) in [5.41, 5.74) is 6.79. The number of hydrogen-bond donors (Lipinski definition) is 0. The molecule has 3 heterocycles. The first kappa shape index (κ1) is 24.2. The molecule has 0 radical (unpaired) electrons. The van der Waals surface area contributed by atoms with Gasteiger partial charge >= 0.3 is 0 Å². The lowest BCUT2D eigenvalue weighted by Gasteiger charge is -2.13. The molecule has 4 aromatic rings. The number of epoxide rings is 3. The summed E-state index contributed by atoms with van der Waals surface area (Å²) in [5.74, 6) is 2.56. The van der Waals surface area contributed by atoms with Gasteiger partial charge in [-0.15, -0.1) is 0 Å². The molecule has 0 N–H and O–H groups in total. The summed E-state index contributed by atoms with van der Waals surface area (Å²) in [6.07, 6.45) is 0.713. The van der Waals surface area contributed by atoms with Crippen LogP contribution in [0.1, 0.15) is 0 Å². The van der Waals surface area contributed by atoms with Gasteiger partial charge in [-0.2, -0.15) is 0 Å². The van der Waals surface area contributed by atoms with Crippen LogP contribution in [-0.2, 0) is 14.2 Å². The van der Waals surface area contributed by atoms with Gasteiger partial charge in [0.1, 0.15) is 55.4 Å². The molecule has 0 bridgehead atoms. The largest absolute Gasteiger partial charge is 0.491 e. The van der Waals surface area contributed by atoms with Crippen molar-refractivity contribution in [3.8, 4) is 50.6 Å². The van der Waals surface area contributed by atoms with E-state index >= 15 is 0 Å². The van der Waals surface area contributed by atoms with Gasteiger partial charge < -0.3 is 28.4 Å². The lowest BCUT2D eigenvalue weighted by Crippen LogP contribution is -2.03. The molecule has 198 valence electrons. The molecule has 0 aliphatic carbocycles. The van der Waals surface area contributed by atoms with Crippen LogP contribution >= 0.6 is 0 Å². The van der Waals surface area contributed by atoms with Crippen LogP contribution in [0.4, 0.5) is 0 Å². The molecule has 39 heavy (non-hydrogen) atoms. The number of benzene rings is 4. The van der Waals surface area contributed by atoms with Gasteiger partial charge in [-0.3, -0.25) is 0 Å². The molecule has 3 atom stereocenters. The Bertz CT molecular complexity index is 1220. The zero-order chi connectivity index (χ0) is 26.0. The fourth-order valence-electron chi connectivity index (χ4n) is 4.42. The van der Waals surface area contributed by atoms with E-state index in [1.54, 1.807) is 0 Å². The highest BCUT2D eigenvalue weighted by atomic mass is 16.6. The summed E-state index contributed by atoms with van der Waals surface area (Å²) < 4.78 is 33.3. The molecule has 3 unspecified atom stereocenters. The summed E-state index contributed by atoms with van der Waals surface area (Å²) in [7, 11) is 0. The topological polar surface area (TPSA) is 65.3 Å². The maximum Gasteiger partial charge on any atom is 0.119 e. The van der Waals surface area contributed by atoms with E-state index < -0.39 is 0 Å². The normalized spacial score (nSPS) is 20.8. The third-order valence-electron chi connectivity index (χ3n) is 7.01. The second-order valence-electron chi connectivity index (χ2n) is 10.2. The molecule has 0 spiro atoms. The molecule has 6 heteroatoms. The van der Waals surface area contributed by atoms with Gasteiger partial charge in [0.15, 0.2) is 0 Å². The van der Waals surface area contributed by atoms with Gasteiger partial charge in [-0.05, 0) is 88.0 Å². The first-order valence-electron chi connectivity index (χ1n) is 13.4. The molecule has 6 nitrogen and oxygen atoms in total. The van der Waals surface area contributed by atoms with Gasteiger partial charge in [0, 0.05) is 0 Å². The molecule has 0 saturated carbocycles. The number of hydrogen-bond acceptors (Lipinski definition) is 6. The van der Waals surface area contributed by atoms with Crippen molar-refractivity contribution in [1.29, 1.82) is 0 Å². The highest BCUT2D eigenvalue weighted by Crippen LogP contribution is 2.35. The lowest BCUT2D eigenvalue weighted by molar-refractivity contribution is 0.263. The summed E-state index contributed by atoms with van der Waals surface area (Å²) in [4.78, 5) is 0.